The molecule has 0 N–H and O–H groups in total. The Kier molecular flexibility index (Phi) is 4.21. The van der Waals surface area contributed by atoms with Crippen LogP contribution in [0.1, 0.15) is 5.48 Å². The van der Waals surface area contributed by atoms with Gasteiger partial charge in [0.1, 0.15) is 0 Å². The van der Waals surface area contributed by atoms with E-state index in [1.165, 1.54) is 21.5 Å². The maximum Gasteiger partial charge on any atom is 0.0629 e. The highest BCUT2D eigenvalue weighted by Gasteiger charge is 2.09. The third-order valence-corrected chi connectivity index (χ3v) is 8.65. The Labute approximate surface area is 249 Å². The van der Waals surface area contributed by atoms with Crippen molar-refractivity contribution in [3.8, 4) is 22.3 Å². The van der Waals surface area contributed by atoms with Gasteiger partial charge in [-0.2, -0.15) is 0 Å². The van der Waals surface area contributed by atoms with E-state index in [1.54, 1.807) is 0 Å². The van der Waals surface area contributed by atoms with Crippen molar-refractivity contribution in [1.82, 2.24) is 0 Å². The van der Waals surface area contributed by atoms with Crippen molar-refractivity contribution < 1.29 is 5.48 Å². The lowest BCUT2D eigenvalue weighted by Crippen LogP contribution is -1.84. The van der Waals surface area contributed by atoms with Gasteiger partial charge in [-0.1, -0.05) is 133 Å². The Morgan fingerprint density at radius 1 is 0.262 bits per heavy atom. The van der Waals surface area contributed by atoms with E-state index in [9.17, 15) is 0 Å². The topological polar surface area (TPSA) is 0 Å². The molecule has 0 nitrogen and oxygen atoms in total. The molecule has 0 fully saturated rings. The lowest BCUT2D eigenvalue weighted by atomic mass is 9.93. The minimum atomic E-state index is -0.0360. The molecule has 0 bridgehead atoms. The molecular weight excluding hydrogens is 504 g/mol. The first-order valence-electron chi connectivity index (χ1n) is 16.3. The molecule has 0 aliphatic heterocycles. The first-order chi connectivity index (χ1) is 22.5. The van der Waals surface area contributed by atoms with E-state index < -0.39 is 0 Å². The average Bonchev–Trinajstić information content (AvgIpc) is 3.09. The van der Waals surface area contributed by atoms with E-state index in [2.05, 4.69) is 78.9 Å². The van der Waals surface area contributed by atoms with Gasteiger partial charge in [0, 0.05) is 0 Å². The molecule has 9 aromatic carbocycles. The highest BCUT2D eigenvalue weighted by molar-refractivity contribution is 6.17. The summed E-state index contributed by atoms with van der Waals surface area (Å²) < 4.78 is 36.4. The van der Waals surface area contributed by atoms with Crippen LogP contribution in [0.5, 0.6) is 0 Å². The van der Waals surface area contributed by atoms with Crippen LogP contribution < -0.4 is 0 Å². The zero-order chi connectivity index (χ0) is 31.1. The SMILES string of the molecule is [2H]c1c([2H])c(-c2ccc3ccc4cc5ccccc5cc4c3c2)c([2H])c([2H])c1-c1ccc2c(ccc3c4ccccc4ccc23)c1. The second-order valence-electron chi connectivity index (χ2n) is 11.1. The third kappa shape index (κ3) is 3.62. The maximum absolute atomic E-state index is 9.10. The highest BCUT2D eigenvalue weighted by Crippen LogP contribution is 2.36. The first-order valence-corrected chi connectivity index (χ1v) is 14.3. The minimum Gasteiger partial charge on any atom is -0.0616 e. The molecule has 0 amide bonds. The Morgan fingerprint density at radius 2 is 0.714 bits per heavy atom. The van der Waals surface area contributed by atoms with Gasteiger partial charge in [0.15, 0.2) is 0 Å². The highest BCUT2D eigenvalue weighted by atomic mass is 14.1. The van der Waals surface area contributed by atoms with Gasteiger partial charge < -0.3 is 0 Å². The second kappa shape index (κ2) is 9.03. The molecule has 0 aliphatic rings. The molecule has 194 valence electrons. The summed E-state index contributed by atoms with van der Waals surface area (Å²) in [6, 6.07) is 45.5. The Hall–Kier alpha value is -5.46. The van der Waals surface area contributed by atoms with Gasteiger partial charge in [-0.3, -0.25) is 0 Å². The molecular formula is C42H26. The van der Waals surface area contributed by atoms with Gasteiger partial charge in [0.2, 0.25) is 0 Å². The predicted octanol–water partition coefficient (Wildman–Crippen LogP) is 11.9. The van der Waals surface area contributed by atoms with Crippen molar-refractivity contribution in [1.29, 1.82) is 0 Å². The standard InChI is InChI=1S/C42H26/c1-2-7-32-25-42-36(23-31(32)6-1)16-14-30-13-15-34(26-41(30)42)28-11-9-27(10-12-28)33-18-20-38-35(24-33)19-22-39-37-8-4-3-5-29(37)17-21-40(38)39/h1-26H/i9D,10D,11D,12D. The van der Waals surface area contributed by atoms with Gasteiger partial charge in [-0.25, -0.2) is 0 Å². The van der Waals surface area contributed by atoms with Crippen LogP contribution >= 0.6 is 0 Å². The van der Waals surface area contributed by atoms with E-state index in [4.69, 9.17) is 5.48 Å². The predicted molar refractivity (Wildman–Crippen MR) is 182 cm³/mol. The molecule has 0 heterocycles. The molecule has 0 radical (unpaired) electrons. The van der Waals surface area contributed by atoms with Crippen LogP contribution in [-0.4, -0.2) is 0 Å². The number of hydrogen-bond donors (Lipinski definition) is 0. The summed E-state index contributed by atoms with van der Waals surface area (Å²) in [5, 5.41) is 13.5. The van der Waals surface area contributed by atoms with Crippen molar-refractivity contribution in [2.45, 2.75) is 0 Å². The van der Waals surface area contributed by atoms with Gasteiger partial charge in [-0.15, -0.1) is 0 Å². The fourth-order valence-electron chi connectivity index (χ4n) is 6.48. The fourth-order valence-corrected chi connectivity index (χ4v) is 6.48. The number of rotatable bonds is 2. The van der Waals surface area contributed by atoms with Gasteiger partial charge in [0.05, 0.1) is 5.48 Å². The quantitative estimate of drug-likeness (QED) is 0.153. The first kappa shape index (κ1) is 19.6. The molecule has 0 saturated heterocycles. The zero-order valence-corrected chi connectivity index (χ0v) is 22.7. The lowest BCUT2D eigenvalue weighted by molar-refractivity contribution is 1.62. The number of hydrogen-bond acceptors (Lipinski definition) is 0. The molecule has 0 saturated carbocycles. The van der Waals surface area contributed by atoms with E-state index in [0.717, 1.165) is 43.1 Å². The van der Waals surface area contributed by atoms with Crippen molar-refractivity contribution >= 4 is 64.6 Å². The van der Waals surface area contributed by atoms with Crippen LogP contribution in [-0.2, 0) is 0 Å². The average molecular weight is 535 g/mol. The summed E-state index contributed by atoms with van der Waals surface area (Å²) in [6.45, 7) is 0. The number of benzene rings is 9. The van der Waals surface area contributed by atoms with Crippen LogP contribution in [0.25, 0.3) is 86.9 Å². The third-order valence-electron chi connectivity index (χ3n) is 8.65. The molecule has 0 aliphatic carbocycles. The fraction of sp³-hybridized carbons (Fsp3) is 0. The van der Waals surface area contributed by atoms with Gasteiger partial charge in [-0.05, 0) is 111 Å². The maximum atomic E-state index is 9.10. The monoisotopic (exact) mass is 534 g/mol. The molecule has 0 heteroatoms. The Bertz CT molecular complexity index is 2710. The lowest BCUT2D eigenvalue weighted by Gasteiger charge is -2.11. The van der Waals surface area contributed by atoms with Crippen molar-refractivity contribution in [3.63, 3.8) is 0 Å². The summed E-state index contributed by atoms with van der Waals surface area (Å²) in [4.78, 5) is 0. The molecule has 0 unspecified atom stereocenters. The largest absolute Gasteiger partial charge is 0.0629 e. The van der Waals surface area contributed by atoms with E-state index in [0.29, 0.717) is 22.3 Å². The van der Waals surface area contributed by atoms with Crippen LogP contribution in [0.3, 0.4) is 0 Å². The molecule has 9 rings (SSSR count). The summed E-state index contributed by atoms with van der Waals surface area (Å²) in [5.74, 6) is 0. The summed E-state index contributed by atoms with van der Waals surface area (Å²) in [7, 11) is 0. The van der Waals surface area contributed by atoms with E-state index in [1.807, 2.05) is 54.6 Å². The second-order valence-corrected chi connectivity index (χ2v) is 11.1. The summed E-state index contributed by atoms with van der Waals surface area (Å²) in [5.41, 5.74) is 1.98. The normalized spacial score (nSPS) is 13.1. The molecule has 0 spiro atoms. The van der Waals surface area contributed by atoms with Crippen molar-refractivity contribution in [2.24, 2.45) is 0 Å². The zero-order valence-electron chi connectivity index (χ0n) is 26.7. The molecule has 42 heavy (non-hydrogen) atoms. The van der Waals surface area contributed by atoms with Crippen LogP contribution in [0.15, 0.2) is 158 Å². The van der Waals surface area contributed by atoms with Gasteiger partial charge in [0.25, 0.3) is 0 Å². The Balaban J connectivity index is 1.20. The van der Waals surface area contributed by atoms with Crippen LogP contribution in [0.2, 0.25) is 0 Å². The number of fused-ring (bicyclic) bond motifs is 9. The van der Waals surface area contributed by atoms with Crippen LogP contribution in [0.4, 0.5) is 0 Å². The van der Waals surface area contributed by atoms with Gasteiger partial charge >= 0.3 is 0 Å². The Morgan fingerprint density at radius 3 is 1.50 bits per heavy atom. The van der Waals surface area contributed by atoms with E-state index >= 15 is 0 Å². The molecule has 0 atom stereocenters. The van der Waals surface area contributed by atoms with Crippen LogP contribution in [0, 0.1) is 0 Å². The van der Waals surface area contributed by atoms with E-state index in [-0.39, 0.29) is 24.2 Å². The molecule has 0 aromatic heterocycles. The smallest absolute Gasteiger partial charge is 0.0616 e. The minimum absolute atomic E-state index is 0.0360. The van der Waals surface area contributed by atoms with Crippen molar-refractivity contribution in [2.75, 3.05) is 0 Å². The molecule has 9 aromatic rings. The summed E-state index contributed by atoms with van der Waals surface area (Å²) in [6.07, 6.45) is 0. The summed E-state index contributed by atoms with van der Waals surface area (Å²) >= 11 is 0. The van der Waals surface area contributed by atoms with Crippen molar-refractivity contribution in [3.05, 3.63) is 158 Å².